The molecule has 2 saturated carbocycles. The molecule has 2 fully saturated rings. The summed E-state index contributed by atoms with van der Waals surface area (Å²) in [6.45, 7) is 3.00. The Balaban J connectivity index is 1.67. The number of Topliss-reactive ketones (excluding diaryl/α,β-unsaturated/α-hetero) is 1. The van der Waals surface area contributed by atoms with Gasteiger partial charge in [-0.05, 0) is 56.3 Å². The van der Waals surface area contributed by atoms with Gasteiger partial charge in [-0.15, -0.1) is 0 Å². The fourth-order valence-electron chi connectivity index (χ4n) is 6.45. The van der Waals surface area contributed by atoms with E-state index in [0.717, 1.165) is 6.26 Å². The summed E-state index contributed by atoms with van der Waals surface area (Å²) in [6, 6.07) is 0. The maximum atomic E-state index is 16.8. The number of carbonyl (C=O) groups excluding carboxylic acids is 2. The van der Waals surface area contributed by atoms with Gasteiger partial charge in [-0.2, -0.15) is 8.42 Å². The van der Waals surface area contributed by atoms with Gasteiger partial charge in [0.2, 0.25) is 0 Å². The second kappa shape index (κ2) is 6.68. The number of carbonyl (C=O) groups is 2. The standard InChI is InChI=1S/C22H27FO6S/c1-20-11-19(26)22(23)16(5-4-13-10-14(24)8-9-21(13,22)2)15(20)6-7-17(20)18(25)12-29-30(3,27)28/h7-10,15-16,19,26H,4-6,11-12H2,1-3H3/t15-,16-,19-,20-,21-,22?/m0/s1. The topological polar surface area (TPSA) is 97.7 Å². The Morgan fingerprint density at radius 1 is 1.33 bits per heavy atom. The van der Waals surface area contributed by atoms with Crippen LogP contribution in [0.1, 0.15) is 39.5 Å². The average Bonchev–Trinajstić information content (AvgIpc) is 2.98. The van der Waals surface area contributed by atoms with E-state index in [2.05, 4.69) is 4.18 Å². The van der Waals surface area contributed by atoms with Gasteiger partial charge in [-0.25, -0.2) is 4.39 Å². The molecule has 0 aromatic rings. The Hall–Kier alpha value is -1.64. The highest BCUT2D eigenvalue weighted by Gasteiger charge is 2.69. The molecular weight excluding hydrogens is 411 g/mol. The van der Waals surface area contributed by atoms with Crippen molar-refractivity contribution in [3.05, 3.63) is 35.5 Å². The largest absolute Gasteiger partial charge is 0.390 e. The Morgan fingerprint density at radius 2 is 2.03 bits per heavy atom. The molecule has 1 unspecified atom stereocenters. The van der Waals surface area contributed by atoms with Crippen molar-refractivity contribution in [2.24, 2.45) is 22.7 Å². The molecule has 0 saturated heterocycles. The van der Waals surface area contributed by atoms with Crippen molar-refractivity contribution in [1.29, 1.82) is 0 Å². The third-order valence-electron chi connectivity index (χ3n) is 7.93. The first-order valence-corrected chi connectivity index (χ1v) is 12.0. The van der Waals surface area contributed by atoms with Crippen LogP contribution in [0.2, 0.25) is 0 Å². The summed E-state index contributed by atoms with van der Waals surface area (Å²) in [5.41, 5.74) is -2.66. The Bertz CT molecular complexity index is 1010. The second-order valence-electron chi connectivity index (χ2n) is 9.51. The first-order chi connectivity index (χ1) is 13.8. The average molecular weight is 439 g/mol. The van der Waals surface area contributed by atoms with Crippen LogP contribution in [0.15, 0.2) is 35.5 Å². The molecule has 0 heterocycles. The highest BCUT2D eigenvalue weighted by molar-refractivity contribution is 7.86. The fourth-order valence-corrected chi connectivity index (χ4v) is 6.77. The molecule has 4 aliphatic carbocycles. The van der Waals surface area contributed by atoms with Crippen molar-refractivity contribution in [2.75, 3.05) is 12.9 Å². The predicted molar refractivity (Wildman–Crippen MR) is 108 cm³/mol. The summed E-state index contributed by atoms with van der Waals surface area (Å²) < 4.78 is 44.0. The molecular formula is C22H27FO6S. The highest BCUT2D eigenvalue weighted by Crippen LogP contribution is 2.67. The van der Waals surface area contributed by atoms with Crippen LogP contribution in [-0.4, -0.2) is 49.7 Å². The first-order valence-electron chi connectivity index (χ1n) is 10.2. The van der Waals surface area contributed by atoms with Gasteiger partial charge in [-0.1, -0.05) is 24.6 Å². The third kappa shape index (κ3) is 2.91. The van der Waals surface area contributed by atoms with Gasteiger partial charge in [0.25, 0.3) is 10.1 Å². The van der Waals surface area contributed by atoms with Crippen LogP contribution in [0.3, 0.4) is 0 Å². The van der Waals surface area contributed by atoms with E-state index in [9.17, 15) is 23.1 Å². The van der Waals surface area contributed by atoms with E-state index < -0.39 is 51.0 Å². The van der Waals surface area contributed by atoms with E-state index in [1.54, 1.807) is 19.1 Å². The van der Waals surface area contributed by atoms with Crippen molar-refractivity contribution in [3.8, 4) is 0 Å². The zero-order chi connectivity index (χ0) is 22.1. The summed E-state index contributed by atoms with van der Waals surface area (Å²) in [5.74, 6) is -1.31. The van der Waals surface area contributed by atoms with E-state index in [1.165, 1.54) is 12.2 Å². The normalized spacial score (nSPS) is 42.7. The highest BCUT2D eigenvalue weighted by atomic mass is 32.2. The van der Waals surface area contributed by atoms with Crippen LogP contribution in [0.5, 0.6) is 0 Å². The zero-order valence-electron chi connectivity index (χ0n) is 17.4. The number of rotatable bonds is 4. The van der Waals surface area contributed by atoms with E-state index >= 15 is 4.39 Å². The maximum Gasteiger partial charge on any atom is 0.264 e. The zero-order valence-corrected chi connectivity index (χ0v) is 18.2. The quantitative estimate of drug-likeness (QED) is 0.677. The van der Waals surface area contributed by atoms with Gasteiger partial charge in [0.05, 0.1) is 12.4 Å². The van der Waals surface area contributed by atoms with Crippen LogP contribution in [0.25, 0.3) is 0 Å². The summed E-state index contributed by atoms with van der Waals surface area (Å²) in [4.78, 5) is 24.6. The third-order valence-corrected chi connectivity index (χ3v) is 8.47. The summed E-state index contributed by atoms with van der Waals surface area (Å²) in [6.07, 6.45) is 7.33. The van der Waals surface area contributed by atoms with Gasteiger partial charge in [0.1, 0.15) is 6.61 Å². The molecule has 0 aromatic carbocycles. The van der Waals surface area contributed by atoms with Gasteiger partial charge in [0.15, 0.2) is 17.2 Å². The Morgan fingerprint density at radius 3 is 2.70 bits per heavy atom. The van der Waals surface area contributed by atoms with Crippen LogP contribution < -0.4 is 0 Å². The van der Waals surface area contributed by atoms with Gasteiger partial charge < -0.3 is 5.11 Å². The number of aliphatic hydroxyl groups excluding tert-OH is 1. The molecule has 8 heteroatoms. The number of allylic oxidation sites excluding steroid dienone is 5. The summed E-state index contributed by atoms with van der Waals surface area (Å²) in [5, 5.41) is 11.1. The monoisotopic (exact) mass is 438 g/mol. The molecule has 0 bridgehead atoms. The van der Waals surface area contributed by atoms with E-state index in [-0.39, 0.29) is 18.1 Å². The number of hydrogen-bond donors (Lipinski definition) is 1. The maximum absolute atomic E-state index is 16.8. The predicted octanol–water partition coefficient (Wildman–Crippen LogP) is 2.44. The Labute approximate surface area is 176 Å². The first kappa shape index (κ1) is 21.6. The van der Waals surface area contributed by atoms with Crippen molar-refractivity contribution in [3.63, 3.8) is 0 Å². The van der Waals surface area contributed by atoms with Crippen LogP contribution in [0, 0.1) is 22.7 Å². The molecule has 4 rings (SSSR count). The lowest BCUT2D eigenvalue weighted by Crippen LogP contribution is -2.66. The van der Waals surface area contributed by atoms with Crippen molar-refractivity contribution in [2.45, 2.75) is 51.3 Å². The minimum atomic E-state index is -3.76. The lowest BCUT2D eigenvalue weighted by Gasteiger charge is -2.61. The summed E-state index contributed by atoms with van der Waals surface area (Å²) in [7, 11) is -3.76. The molecule has 0 aromatic heterocycles. The smallest absolute Gasteiger partial charge is 0.264 e. The number of hydrogen-bond acceptors (Lipinski definition) is 6. The molecule has 164 valence electrons. The van der Waals surface area contributed by atoms with E-state index in [1.807, 2.05) is 6.92 Å². The van der Waals surface area contributed by atoms with Crippen molar-refractivity contribution >= 4 is 21.7 Å². The minimum absolute atomic E-state index is 0.0474. The number of fused-ring (bicyclic) bond motifs is 5. The molecule has 1 N–H and O–H groups in total. The lowest BCUT2D eigenvalue weighted by atomic mass is 9.45. The molecule has 30 heavy (non-hydrogen) atoms. The molecule has 6 nitrogen and oxygen atoms in total. The SMILES string of the molecule is C[C@]12C=CC(=O)C=C1CC[C@H]1[C@@H]3CC=C(C(=O)COS(C)(=O)=O)[C@@]3(C)C[C@H](O)C12F. The minimum Gasteiger partial charge on any atom is -0.390 e. The van der Waals surface area contributed by atoms with Gasteiger partial charge in [0, 0.05) is 16.7 Å². The van der Waals surface area contributed by atoms with E-state index in [0.29, 0.717) is 30.4 Å². The lowest BCUT2D eigenvalue weighted by molar-refractivity contribution is -0.185. The van der Waals surface area contributed by atoms with Crippen LogP contribution in [0.4, 0.5) is 4.39 Å². The summed E-state index contributed by atoms with van der Waals surface area (Å²) >= 11 is 0. The number of halogens is 1. The number of ketones is 2. The fraction of sp³-hybridized carbons (Fsp3) is 0.636. The molecule has 4 aliphatic rings. The molecule has 6 atom stereocenters. The van der Waals surface area contributed by atoms with Gasteiger partial charge in [-0.3, -0.25) is 13.8 Å². The second-order valence-corrected chi connectivity index (χ2v) is 11.2. The Kier molecular flexibility index (Phi) is 4.80. The van der Waals surface area contributed by atoms with Crippen molar-refractivity contribution < 1.29 is 31.7 Å². The molecule has 0 radical (unpaired) electrons. The molecule has 0 spiro atoms. The van der Waals surface area contributed by atoms with Gasteiger partial charge >= 0.3 is 0 Å². The van der Waals surface area contributed by atoms with E-state index in [4.69, 9.17) is 0 Å². The molecule has 0 amide bonds. The number of alkyl halides is 1. The number of aliphatic hydroxyl groups is 1. The van der Waals surface area contributed by atoms with Crippen LogP contribution >= 0.6 is 0 Å². The van der Waals surface area contributed by atoms with Crippen molar-refractivity contribution in [1.82, 2.24) is 0 Å². The van der Waals surface area contributed by atoms with Crippen LogP contribution in [-0.2, 0) is 23.9 Å². The molecule has 0 aliphatic heterocycles.